The number of fused-ring (bicyclic) bond motifs is 3. The molecule has 0 spiro atoms. The second-order valence-corrected chi connectivity index (χ2v) is 18.5. The van der Waals surface area contributed by atoms with Gasteiger partial charge >= 0.3 is 0 Å². The van der Waals surface area contributed by atoms with Crippen molar-refractivity contribution in [2.75, 3.05) is 9.80 Å². The van der Waals surface area contributed by atoms with E-state index in [0.29, 0.717) is 5.82 Å². The highest BCUT2D eigenvalue weighted by atomic mass is 15.1. The van der Waals surface area contributed by atoms with Gasteiger partial charge in [-0.3, -0.25) is 0 Å². The summed E-state index contributed by atoms with van der Waals surface area (Å²) in [5, 5.41) is 2.34. The molecule has 12 rings (SSSR count). The molecule has 5 heteroatoms. The van der Waals surface area contributed by atoms with Crippen molar-refractivity contribution in [3.63, 3.8) is 0 Å². The molecule has 0 radical (unpaired) electrons. The van der Waals surface area contributed by atoms with Crippen LogP contribution in [-0.4, -0.2) is 14.5 Å². The standard InChI is InChI=1S/C67H51N5/c1-46-24-32-55(33-25-46)70(53-20-12-6-13-21-53)58-37-40-65-61(43-58)62-44-59(71(54-22-14-7-15-23-54)56-34-26-47(2)27-35-56)38-41-66(62)72(65)57-36-39-60(48(3)42-57)49-28-30-51(31-29-49)64-45-63(50-16-8-4-9-17-50)68-67(69-64)52-18-10-5-11-19-52/h4-45H,1-3H3. The summed E-state index contributed by atoms with van der Waals surface area (Å²) >= 11 is 0. The molecule has 0 aliphatic rings. The van der Waals surface area contributed by atoms with Gasteiger partial charge in [-0.05, 0) is 141 Å². The van der Waals surface area contributed by atoms with Crippen molar-refractivity contribution in [3.05, 3.63) is 271 Å². The van der Waals surface area contributed by atoms with Gasteiger partial charge < -0.3 is 14.4 Å². The van der Waals surface area contributed by atoms with Crippen LogP contribution in [0.3, 0.4) is 0 Å². The van der Waals surface area contributed by atoms with E-state index in [9.17, 15) is 0 Å². The van der Waals surface area contributed by atoms with Crippen molar-refractivity contribution in [1.82, 2.24) is 14.5 Å². The van der Waals surface area contributed by atoms with E-state index in [4.69, 9.17) is 9.97 Å². The number of aryl methyl sites for hydroxylation is 3. The normalized spacial score (nSPS) is 11.3. The summed E-state index contributed by atoms with van der Waals surface area (Å²) in [5.41, 5.74) is 20.8. The number of benzene rings is 10. The van der Waals surface area contributed by atoms with E-state index < -0.39 is 0 Å². The highest BCUT2D eigenvalue weighted by molar-refractivity contribution is 6.12. The fourth-order valence-corrected chi connectivity index (χ4v) is 9.99. The Bertz CT molecular complexity index is 3650. The van der Waals surface area contributed by atoms with Crippen LogP contribution in [0.1, 0.15) is 16.7 Å². The molecule has 0 amide bonds. The summed E-state index contributed by atoms with van der Waals surface area (Å²) in [5.74, 6) is 0.708. The first-order valence-electron chi connectivity index (χ1n) is 24.6. The summed E-state index contributed by atoms with van der Waals surface area (Å²) in [4.78, 5) is 14.8. The van der Waals surface area contributed by atoms with E-state index in [1.54, 1.807) is 0 Å². The summed E-state index contributed by atoms with van der Waals surface area (Å²) in [6.07, 6.45) is 0. The molecule has 72 heavy (non-hydrogen) atoms. The summed E-state index contributed by atoms with van der Waals surface area (Å²) in [7, 11) is 0. The van der Waals surface area contributed by atoms with Crippen LogP contribution in [0.25, 0.3) is 72.5 Å². The minimum atomic E-state index is 0.708. The molecule has 0 saturated heterocycles. The Balaban J connectivity index is 0.973. The molecule has 2 aromatic heterocycles. The van der Waals surface area contributed by atoms with Crippen LogP contribution < -0.4 is 9.80 Å². The SMILES string of the molecule is Cc1ccc(N(c2ccccc2)c2ccc3c(c2)c2cc(N(c4ccccc4)c4ccc(C)cc4)ccc2n3-c2ccc(-c3ccc(-c4cc(-c5ccccc5)nc(-c5ccccc5)n4)cc3)c(C)c2)cc1. The van der Waals surface area contributed by atoms with Gasteiger partial charge in [0, 0.05) is 67.3 Å². The predicted octanol–water partition coefficient (Wildman–Crippen LogP) is 18.1. The Morgan fingerprint density at radius 2 is 0.722 bits per heavy atom. The van der Waals surface area contributed by atoms with Gasteiger partial charge in [0.2, 0.25) is 0 Å². The number of rotatable bonds is 11. The van der Waals surface area contributed by atoms with E-state index in [1.165, 1.54) is 33.0 Å². The zero-order valence-electron chi connectivity index (χ0n) is 40.5. The fourth-order valence-electron chi connectivity index (χ4n) is 9.99. The Morgan fingerprint density at radius 1 is 0.319 bits per heavy atom. The summed E-state index contributed by atoms with van der Waals surface area (Å²) in [6.45, 7) is 6.50. The molecule has 0 atom stereocenters. The zero-order chi connectivity index (χ0) is 48.5. The van der Waals surface area contributed by atoms with Gasteiger partial charge in [0.1, 0.15) is 0 Å². The van der Waals surface area contributed by atoms with E-state index in [-0.39, 0.29) is 0 Å². The van der Waals surface area contributed by atoms with Crippen molar-refractivity contribution in [2.45, 2.75) is 20.8 Å². The van der Waals surface area contributed by atoms with Gasteiger partial charge in [-0.2, -0.15) is 0 Å². The van der Waals surface area contributed by atoms with Crippen LogP contribution in [0.4, 0.5) is 34.1 Å². The van der Waals surface area contributed by atoms with Crippen LogP contribution in [-0.2, 0) is 0 Å². The Morgan fingerprint density at radius 3 is 1.19 bits per heavy atom. The van der Waals surface area contributed by atoms with Crippen LogP contribution >= 0.6 is 0 Å². The molecule has 0 unspecified atom stereocenters. The number of anilines is 6. The largest absolute Gasteiger partial charge is 0.310 e. The van der Waals surface area contributed by atoms with Crippen molar-refractivity contribution < 1.29 is 0 Å². The highest BCUT2D eigenvalue weighted by Crippen LogP contribution is 2.43. The Hall–Kier alpha value is -9.32. The van der Waals surface area contributed by atoms with Gasteiger partial charge in [-0.25, -0.2) is 9.97 Å². The Labute approximate surface area is 421 Å². The molecule has 0 N–H and O–H groups in total. The molecule has 2 heterocycles. The Kier molecular flexibility index (Phi) is 11.5. The first-order valence-corrected chi connectivity index (χ1v) is 24.6. The molecule has 0 fully saturated rings. The van der Waals surface area contributed by atoms with Crippen LogP contribution in [0.15, 0.2) is 255 Å². The third-order valence-corrected chi connectivity index (χ3v) is 13.6. The molecular weight excluding hydrogens is 875 g/mol. The number of hydrogen-bond donors (Lipinski definition) is 0. The van der Waals surface area contributed by atoms with E-state index in [0.717, 1.165) is 84.5 Å². The second-order valence-electron chi connectivity index (χ2n) is 18.5. The lowest BCUT2D eigenvalue weighted by Crippen LogP contribution is -2.10. The molecule has 0 aliphatic heterocycles. The third-order valence-electron chi connectivity index (χ3n) is 13.6. The monoisotopic (exact) mass is 925 g/mol. The van der Waals surface area contributed by atoms with Crippen LogP contribution in [0.2, 0.25) is 0 Å². The molecule has 0 aliphatic carbocycles. The van der Waals surface area contributed by atoms with Gasteiger partial charge in [0.15, 0.2) is 5.82 Å². The lowest BCUT2D eigenvalue weighted by Gasteiger charge is -2.26. The van der Waals surface area contributed by atoms with Crippen molar-refractivity contribution >= 4 is 55.9 Å². The van der Waals surface area contributed by atoms with Crippen molar-refractivity contribution in [3.8, 4) is 50.7 Å². The lowest BCUT2D eigenvalue weighted by atomic mass is 9.98. The quantitative estimate of drug-likeness (QED) is 0.130. The van der Waals surface area contributed by atoms with E-state index in [2.05, 4.69) is 266 Å². The number of aromatic nitrogens is 3. The lowest BCUT2D eigenvalue weighted by molar-refractivity contribution is 1.17. The first kappa shape index (κ1) is 43.9. The summed E-state index contributed by atoms with van der Waals surface area (Å²) in [6, 6.07) is 91.1. The van der Waals surface area contributed by atoms with Crippen molar-refractivity contribution in [2.24, 2.45) is 0 Å². The molecular formula is C67H51N5. The maximum atomic E-state index is 5.09. The van der Waals surface area contributed by atoms with E-state index >= 15 is 0 Å². The number of nitrogens with zero attached hydrogens (tertiary/aromatic N) is 5. The highest BCUT2D eigenvalue weighted by Gasteiger charge is 2.21. The molecule has 0 saturated carbocycles. The fraction of sp³-hybridized carbons (Fsp3) is 0.0448. The van der Waals surface area contributed by atoms with Gasteiger partial charge in [0.05, 0.1) is 22.4 Å². The van der Waals surface area contributed by atoms with Crippen LogP contribution in [0, 0.1) is 20.8 Å². The van der Waals surface area contributed by atoms with Gasteiger partial charge in [-0.1, -0.05) is 163 Å². The first-order chi connectivity index (χ1) is 35.4. The molecule has 10 aromatic carbocycles. The minimum Gasteiger partial charge on any atom is -0.310 e. The molecule has 5 nitrogen and oxygen atoms in total. The van der Waals surface area contributed by atoms with Crippen LogP contribution in [0.5, 0.6) is 0 Å². The maximum Gasteiger partial charge on any atom is 0.160 e. The van der Waals surface area contributed by atoms with Gasteiger partial charge in [-0.15, -0.1) is 0 Å². The summed E-state index contributed by atoms with van der Waals surface area (Å²) < 4.78 is 2.43. The second kappa shape index (κ2) is 18.9. The maximum absolute atomic E-state index is 5.09. The van der Waals surface area contributed by atoms with E-state index in [1.807, 2.05) is 24.3 Å². The average molecular weight is 926 g/mol. The van der Waals surface area contributed by atoms with Crippen molar-refractivity contribution in [1.29, 1.82) is 0 Å². The minimum absolute atomic E-state index is 0.708. The molecule has 344 valence electrons. The topological polar surface area (TPSA) is 37.2 Å². The van der Waals surface area contributed by atoms with Gasteiger partial charge in [0.25, 0.3) is 0 Å². The predicted molar refractivity (Wildman–Crippen MR) is 302 cm³/mol. The average Bonchev–Trinajstić information content (AvgIpc) is 3.76. The molecule has 0 bridgehead atoms. The molecule has 12 aromatic rings. The third kappa shape index (κ3) is 8.48. The smallest absolute Gasteiger partial charge is 0.160 e. The zero-order valence-corrected chi connectivity index (χ0v) is 40.5. The number of para-hydroxylation sites is 2. The number of hydrogen-bond acceptors (Lipinski definition) is 4.